The minimum atomic E-state index is -4.65. The van der Waals surface area contributed by atoms with Crippen LogP contribution in [0.25, 0.3) is 0 Å². The fraction of sp³-hybridized carbons (Fsp3) is 0.938. The summed E-state index contributed by atoms with van der Waals surface area (Å²) in [7, 11) is 0. The van der Waals surface area contributed by atoms with E-state index in [1.807, 2.05) is 0 Å². The maximum absolute atomic E-state index is 13.3. The summed E-state index contributed by atoms with van der Waals surface area (Å²) in [6.07, 6.45) is -5.98. The Kier molecular flexibility index (Phi) is 9.22. The van der Waals surface area contributed by atoms with Crippen molar-refractivity contribution < 1.29 is 32.4 Å². The third kappa shape index (κ3) is 9.84. The van der Waals surface area contributed by atoms with Gasteiger partial charge in [-0.25, -0.2) is 4.79 Å². The topological polar surface area (TPSA) is 93.7 Å². The van der Waals surface area contributed by atoms with Crippen LogP contribution in [-0.2, 0) is 16.1 Å². The van der Waals surface area contributed by atoms with Crippen LogP contribution in [0.15, 0.2) is 0 Å². The molecule has 26 heavy (non-hydrogen) atoms. The van der Waals surface area contributed by atoms with Crippen molar-refractivity contribution in [3.05, 3.63) is 0 Å². The third-order valence-electron chi connectivity index (χ3n) is 3.43. The van der Waals surface area contributed by atoms with Gasteiger partial charge in [0.25, 0.3) is 0 Å². The molecule has 1 amide bonds. The van der Waals surface area contributed by atoms with Crippen LogP contribution < -0.4 is 10.0 Å². The van der Waals surface area contributed by atoms with Crippen LogP contribution in [0.2, 0.25) is 0 Å². The van der Waals surface area contributed by atoms with E-state index in [4.69, 9.17) is 4.74 Å². The van der Waals surface area contributed by atoms with Crippen molar-refractivity contribution in [1.82, 2.24) is 10.0 Å². The minimum Gasteiger partial charge on any atom is -0.598 e. The van der Waals surface area contributed by atoms with E-state index in [0.717, 1.165) is 0 Å². The zero-order chi connectivity index (χ0) is 20.9. The van der Waals surface area contributed by atoms with Gasteiger partial charge in [-0.05, 0) is 54.9 Å². The summed E-state index contributed by atoms with van der Waals surface area (Å²) in [5, 5.41) is 11.9. The molecule has 3 N–H and O–H groups in total. The van der Waals surface area contributed by atoms with Gasteiger partial charge in [-0.3, -0.25) is 0 Å². The van der Waals surface area contributed by atoms with Crippen molar-refractivity contribution in [3.63, 3.8) is 0 Å². The number of amides is 1. The molecule has 0 fully saturated rings. The molecular weight excluding hydrogens is 373 g/mol. The molecule has 0 aromatic carbocycles. The lowest BCUT2D eigenvalue weighted by molar-refractivity contribution is -0.156. The summed E-state index contributed by atoms with van der Waals surface area (Å²) < 4.78 is 58.3. The number of carbonyl (C=O) groups is 1. The molecule has 0 spiro atoms. The quantitative estimate of drug-likeness (QED) is 0.568. The van der Waals surface area contributed by atoms with E-state index < -0.39 is 65.0 Å². The fourth-order valence-electron chi connectivity index (χ4n) is 1.91. The molecule has 6 nitrogen and oxygen atoms in total. The molecule has 0 radical (unpaired) electrons. The lowest BCUT2D eigenvalue weighted by atomic mass is 9.94. The Bertz CT molecular complexity index is 450. The number of nitrogens with one attached hydrogen (secondary N) is 2. The number of aliphatic hydroxyl groups is 1. The Balaban J connectivity index is 5.06. The van der Waals surface area contributed by atoms with E-state index in [1.54, 1.807) is 41.5 Å². The summed E-state index contributed by atoms with van der Waals surface area (Å²) in [5.41, 5.74) is -0.752. The molecule has 0 aromatic rings. The Labute approximate surface area is 156 Å². The van der Waals surface area contributed by atoms with Crippen molar-refractivity contribution >= 4 is 17.5 Å². The van der Waals surface area contributed by atoms with Gasteiger partial charge in [-0.2, -0.15) is 13.2 Å². The summed E-state index contributed by atoms with van der Waals surface area (Å²) in [5.74, 6) is -0.904. The smallest absolute Gasteiger partial charge is 0.408 e. The van der Waals surface area contributed by atoms with Crippen LogP contribution in [0, 0.1) is 5.92 Å². The Morgan fingerprint density at radius 1 is 1.19 bits per heavy atom. The van der Waals surface area contributed by atoms with Gasteiger partial charge >= 0.3 is 12.3 Å². The summed E-state index contributed by atoms with van der Waals surface area (Å²) in [6.45, 7) is 10.6. The molecule has 0 saturated heterocycles. The highest BCUT2D eigenvalue weighted by atomic mass is 32.2. The van der Waals surface area contributed by atoms with Crippen molar-refractivity contribution in [2.45, 2.75) is 83.5 Å². The molecule has 0 aromatic heterocycles. The Morgan fingerprint density at radius 3 is 2.04 bits per heavy atom. The van der Waals surface area contributed by atoms with E-state index in [2.05, 4.69) is 10.0 Å². The first-order valence-electron chi connectivity index (χ1n) is 8.32. The van der Waals surface area contributed by atoms with Crippen LogP contribution >= 0.6 is 0 Å². The van der Waals surface area contributed by atoms with Gasteiger partial charge in [-0.15, -0.1) is 4.72 Å². The maximum Gasteiger partial charge on any atom is 0.408 e. The monoisotopic (exact) mass is 404 g/mol. The zero-order valence-electron chi connectivity index (χ0n) is 16.4. The summed E-state index contributed by atoms with van der Waals surface area (Å²) >= 11 is -1.93. The largest absolute Gasteiger partial charge is 0.598 e. The normalized spacial score (nSPS) is 18.0. The lowest BCUT2D eigenvalue weighted by Crippen LogP contribution is -2.53. The molecule has 4 atom stereocenters. The molecule has 0 heterocycles. The van der Waals surface area contributed by atoms with Crippen LogP contribution in [0.3, 0.4) is 0 Å². The molecule has 10 heteroatoms. The predicted octanol–water partition coefficient (Wildman–Crippen LogP) is 2.88. The second kappa shape index (κ2) is 9.48. The number of hydrogen-bond donors (Lipinski definition) is 3. The number of halogens is 3. The molecule has 0 aliphatic rings. The fourth-order valence-corrected chi connectivity index (χ4v) is 2.75. The number of aliphatic hydroxyl groups excluding tert-OH is 1. The molecular formula is C16H31F3N2O4S. The van der Waals surface area contributed by atoms with Gasteiger partial charge in [-0.1, -0.05) is 0 Å². The highest BCUT2D eigenvalue weighted by Gasteiger charge is 2.46. The number of hydrogen-bond acceptors (Lipinski definition) is 5. The van der Waals surface area contributed by atoms with Crippen LogP contribution in [0.1, 0.15) is 54.9 Å². The highest BCUT2D eigenvalue weighted by molar-refractivity contribution is 7.90. The van der Waals surface area contributed by atoms with Crippen molar-refractivity contribution in [2.75, 3.05) is 6.61 Å². The first-order chi connectivity index (χ1) is 11.5. The van der Waals surface area contributed by atoms with Crippen molar-refractivity contribution in [2.24, 2.45) is 5.92 Å². The standard InChI is InChI=1S/C16H31F3N2O4S/c1-10(20-13(23)25-14(2,3)4)11(9-22)8-12(16(17,18)19)21-26(24)15(5,6)7/h10-12,21-22H,8-9H2,1-7H3,(H,20,23)/t10-,11+,12?,26-/m1/s1. The maximum atomic E-state index is 13.3. The molecule has 0 aliphatic heterocycles. The highest BCUT2D eigenvalue weighted by Crippen LogP contribution is 2.28. The Hall–Kier alpha value is -0.710. The number of alkyl carbamates (subject to hydrolysis) is 1. The number of alkyl halides is 3. The molecule has 0 aliphatic carbocycles. The number of rotatable bonds is 7. The molecule has 1 unspecified atom stereocenters. The summed E-state index contributed by atoms with van der Waals surface area (Å²) in [6, 6.07) is -2.85. The minimum absolute atomic E-state index is 0.543. The average Bonchev–Trinajstić information content (AvgIpc) is 2.37. The average molecular weight is 404 g/mol. The van der Waals surface area contributed by atoms with Gasteiger partial charge in [0.15, 0.2) is 0 Å². The van der Waals surface area contributed by atoms with Crippen LogP contribution in [0.5, 0.6) is 0 Å². The SMILES string of the molecule is C[C@@H](NC(=O)OC(C)(C)C)[C@H](CO)CC(N[S@+]([O-])C(C)(C)C)C(F)(F)F. The molecule has 0 saturated carbocycles. The van der Waals surface area contributed by atoms with Gasteiger partial charge in [0, 0.05) is 29.9 Å². The van der Waals surface area contributed by atoms with Gasteiger partial charge in [0.2, 0.25) is 0 Å². The number of ether oxygens (including phenoxy) is 1. The van der Waals surface area contributed by atoms with Gasteiger partial charge < -0.3 is 19.7 Å². The van der Waals surface area contributed by atoms with E-state index >= 15 is 0 Å². The number of carbonyl (C=O) groups excluding carboxylic acids is 1. The van der Waals surface area contributed by atoms with Crippen molar-refractivity contribution in [1.29, 1.82) is 0 Å². The first kappa shape index (κ1) is 25.3. The van der Waals surface area contributed by atoms with E-state index in [-0.39, 0.29) is 0 Å². The zero-order valence-corrected chi connectivity index (χ0v) is 17.2. The summed E-state index contributed by atoms with van der Waals surface area (Å²) in [4.78, 5) is 11.8. The Morgan fingerprint density at radius 2 is 1.69 bits per heavy atom. The second-order valence-corrected chi connectivity index (χ2v) is 10.2. The van der Waals surface area contributed by atoms with Gasteiger partial charge in [0.05, 0.1) is 0 Å². The van der Waals surface area contributed by atoms with E-state index in [1.165, 1.54) is 6.92 Å². The molecule has 0 bridgehead atoms. The van der Waals surface area contributed by atoms with Crippen molar-refractivity contribution in [3.8, 4) is 0 Å². The van der Waals surface area contributed by atoms with Crippen LogP contribution in [-0.4, -0.2) is 51.0 Å². The third-order valence-corrected chi connectivity index (χ3v) is 5.04. The van der Waals surface area contributed by atoms with Crippen LogP contribution in [0.4, 0.5) is 18.0 Å². The second-order valence-electron chi connectivity index (χ2n) is 8.21. The first-order valence-corrected chi connectivity index (χ1v) is 9.47. The van der Waals surface area contributed by atoms with Gasteiger partial charge in [0.1, 0.15) is 16.4 Å². The predicted molar refractivity (Wildman–Crippen MR) is 94.9 cm³/mol. The van der Waals surface area contributed by atoms with E-state index in [9.17, 15) is 27.6 Å². The molecule has 0 rings (SSSR count). The molecule has 156 valence electrons. The lowest BCUT2D eigenvalue weighted by Gasteiger charge is -2.32. The van der Waals surface area contributed by atoms with E-state index in [0.29, 0.717) is 0 Å².